The van der Waals surface area contributed by atoms with Crippen molar-refractivity contribution in [3.63, 3.8) is 0 Å². The van der Waals surface area contributed by atoms with Crippen LogP contribution in [0.2, 0.25) is 0 Å². The van der Waals surface area contributed by atoms with Crippen molar-refractivity contribution >= 4 is 5.91 Å². The summed E-state index contributed by atoms with van der Waals surface area (Å²) in [6.07, 6.45) is -1.63. The molecule has 0 spiro atoms. The maximum absolute atomic E-state index is 12.9. The van der Waals surface area contributed by atoms with E-state index < -0.39 is 23.7 Å². The molecule has 1 atom stereocenters. The average molecular weight is 324 g/mol. The summed E-state index contributed by atoms with van der Waals surface area (Å²) < 4.78 is 38.7. The first-order valence-corrected chi connectivity index (χ1v) is 6.79. The number of carbonyl (C=O) groups excluding carboxylic acids is 1. The fourth-order valence-electron chi connectivity index (χ4n) is 1.93. The van der Waals surface area contributed by atoms with Crippen LogP contribution in [-0.4, -0.2) is 21.1 Å². The highest BCUT2D eigenvalue weighted by Crippen LogP contribution is 2.31. The van der Waals surface area contributed by atoms with Gasteiger partial charge in [0.1, 0.15) is 12.4 Å². The standard InChI is InChI=1S/C15H15F3N4O/c1-3-9(2)14(23)21-12(13-19-8-20-22-13)10-5-4-6-11(7-10)15(16,17)18/h3-8,12H,1-2H3,(H,21,23)(H,19,20,22). The molecular formula is C15H15F3N4O. The molecule has 0 fully saturated rings. The van der Waals surface area contributed by atoms with Crippen LogP contribution in [0, 0.1) is 0 Å². The zero-order valence-corrected chi connectivity index (χ0v) is 12.5. The number of aromatic nitrogens is 3. The lowest BCUT2D eigenvalue weighted by atomic mass is 10.0. The molecule has 1 heterocycles. The van der Waals surface area contributed by atoms with Crippen LogP contribution in [0.25, 0.3) is 0 Å². The third kappa shape index (κ3) is 3.97. The van der Waals surface area contributed by atoms with Gasteiger partial charge in [0, 0.05) is 5.57 Å². The van der Waals surface area contributed by atoms with Crippen LogP contribution in [0.3, 0.4) is 0 Å². The number of nitrogens with one attached hydrogen (secondary N) is 2. The van der Waals surface area contributed by atoms with Gasteiger partial charge < -0.3 is 5.32 Å². The third-order valence-electron chi connectivity index (χ3n) is 3.32. The lowest BCUT2D eigenvalue weighted by Crippen LogP contribution is -2.30. The smallest absolute Gasteiger partial charge is 0.338 e. The molecule has 2 N–H and O–H groups in total. The summed E-state index contributed by atoms with van der Waals surface area (Å²) >= 11 is 0. The highest BCUT2D eigenvalue weighted by Gasteiger charge is 2.31. The van der Waals surface area contributed by atoms with E-state index in [1.165, 1.54) is 18.5 Å². The van der Waals surface area contributed by atoms with E-state index in [2.05, 4.69) is 20.5 Å². The quantitative estimate of drug-likeness (QED) is 0.849. The molecule has 0 bridgehead atoms. The van der Waals surface area contributed by atoms with Crippen molar-refractivity contribution in [1.82, 2.24) is 20.5 Å². The molecule has 8 heteroatoms. The second-order valence-electron chi connectivity index (χ2n) is 4.87. The Morgan fingerprint density at radius 2 is 2.13 bits per heavy atom. The van der Waals surface area contributed by atoms with Crippen LogP contribution >= 0.6 is 0 Å². The number of allylic oxidation sites excluding steroid dienone is 1. The first-order chi connectivity index (χ1) is 10.8. The molecule has 23 heavy (non-hydrogen) atoms. The number of rotatable bonds is 4. The predicted octanol–water partition coefficient (Wildman–Crippen LogP) is 3.00. The average Bonchev–Trinajstić information content (AvgIpc) is 3.05. The van der Waals surface area contributed by atoms with Gasteiger partial charge in [0.25, 0.3) is 0 Å². The van der Waals surface area contributed by atoms with Crippen LogP contribution in [0.4, 0.5) is 13.2 Å². The molecule has 1 unspecified atom stereocenters. The summed E-state index contributed by atoms with van der Waals surface area (Å²) in [6, 6.07) is 3.88. The number of hydrogen-bond acceptors (Lipinski definition) is 3. The summed E-state index contributed by atoms with van der Waals surface area (Å²) in [5, 5.41) is 8.92. The fourth-order valence-corrected chi connectivity index (χ4v) is 1.93. The molecule has 0 aliphatic heterocycles. The van der Waals surface area contributed by atoms with Crippen LogP contribution in [0.15, 0.2) is 42.2 Å². The van der Waals surface area contributed by atoms with Gasteiger partial charge in [-0.05, 0) is 31.5 Å². The molecule has 1 aromatic heterocycles. The lowest BCUT2D eigenvalue weighted by Gasteiger charge is -2.18. The normalized spacial score (nSPS) is 13.7. The summed E-state index contributed by atoms with van der Waals surface area (Å²) in [7, 11) is 0. The Morgan fingerprint density at radius 3 is 2.70 bits per heavy atom. The maximum atomic E-state index is 12.9. The molecule has 1 amide bonds. The minimum Gasteiger partial charge on any atom is -0.338 e. The highest BCUT2D eigenvalue weighted by atomic mass is 19.4. The number of H-pyrrole nitrogens is 1. The minimum atomic E-state index is -4.47. The largest absolute Gasteiger partial charge is 0.416 e. The molecular weight excluding hydrogens is 309 g/mol. The molecule has 122 valence electrons. The van der Waals surface area contributed by atoms with Crippen molar-refractivity contribution in [1.29, 1.82) is 0 Å². The van der Waals surface area contributed by atoms with E-state index in [0.717, 1.165) is 12.1 Å². The van der Waals surface area contributed by atoms with Gasteiger partial charge in [-0.15, -0.1) is 0 Å². The number of hydrogen-bond donors (Lipinski definition) is 2. The minimum absolute atomic E-state index is 0.251. The second-order valence-corrected chi connectivity index (χ2v) is 4.87. The number of benzene rings is 1. The summed E-state index contributed by atoms with van der Waals surface area (Å²) in [5.74, 6) is -0.145. The van der Waals surface area contributed by atoms with Gasteiger partial charge >= 0.3 is 6.18 Å². The number of aromatic amines is 1. The van der Waals surface area contributed by atoms with Crippen molar-refractivity contribution in [2.75, 3.05) is 0 Å². The summed E-state index contributed by atoms with van der Waals surface area (Å²) in [4.78, 5) is 16.0. The van der Waals surface area contributed by atoms with E-state index in [1.807, 2.05) is 0 Å². The Kier molecular flexibility index (Phi) is 4.83. The molecule has 0 aliphatic carbocycles. The first-order valence-electron chi connectivity index (χ1n) is 6.79. The number of nitrogens with zero attached hydrogens (tertiary/aromatic N) is 2. The van der Waals surface area contributed by atoms with Crippen LogP contribution in [-0.2, 0) is 11.0 Å². The number of carbonyl (C=O) groups is 1. The second kappa shape index (κ2) is 6.64. The molecule has 0 radical (unpaired) electrons. The van der Waals surface area contributed by atoms with Gasteiger partial charge in [-0.2, -0.15) is 18.3 Å². The van der Waals surface area contributed by atoms with Crippen LogP contribution in [0.5, 0.6) is 0 Å². The third-order valence-corrected chi connectivity index (χ3v) is 3.32. The predicted molar refractivity (Wildman–Crippen MR) is 77.2 cm³/mol. The molecule has 5 nitrogen and oxygen atoms in total. The van der Waals surface area contributed by atoms with Gasteiger partial charge in [0.2, 0.25) is 5.91 Å². The first kappa shape index (κ1) is 16.7. The molecule has 0 saturated carbocycles. The Labute approximate surface area is 130 Å². The highest BCUT2D eigenvalue weighted by molar-refractivity contribution is 5.93. The van der Waals surface area contributed by atoms with Gasteiger partial charge in [0.05, 0.1) is 5.56 Å². The van der Waals surface area contributed by atoms with Crippen molar-refractivity contribution in [3.05, 3.63) is 59.2 Å². The summed E-state index contributed by atoms with van der Waals surface area (Å²) in [6.45, 7) is 3.31. The van der Waals surface area contributed by atoms with E-state index in [1.54, 1.807) is 19.9 Å². The number of alkyl halides is 3. The van der Waals surface area contributed by atoms with Gasteiger partial charge in [0.15, 0.2) is 5.82 Å². The Morgan fingerprint density at radius 1 is 1.39 bits per heavy atom. The molecule has 2 rings (SSSR count). The van der Waals surface area contributed by atoms with Crippen molar-refractivity contribution in [3.8, 4) is 0 Å². The van der Waals surface area contributed by atoms with E-state index in [9.17, 15) is 18.0 Å². The topological polar surface area (TPSA) is 70.7 Å². The molecule has 0 saturated heterocycles. The van der Waals surface area contributed by atoms with Gasteiger partial charge in [-0.1, -0.05) is 18.2 Å². The van der Waals surface area contributed by atoms with E-state index >= 15 is 0 Å². The molecule has 0 aliphatic rings. The molecule has 1 aromatic carbocycles. The lowest BCUT2D eigenvalue weighted by molar-refractivity contribution is -0.137. The van der Waals surface area contributed by atoms with E-state index in [0.29, 0.717) is 5.57 Å². The van der Waals surface area contributed by atoms with E-state index in [-0.39, 0.29) is 11.4 Å². The Hall–Kier alpha value is -2.64. The summed E-state index contributed by atoms with van der Waals surface area (Å²) in [5.41, 5.74) is -0.0909. The van der Waals surface area contributed by atoms with Crippen LogP contribution < -0.4 is 5.32 Å². The Balaban J connectivity index is 2.41. The fraction of sp³-hybridized carbons (Fsp3) is 0.267. The van der Waals surface area contributed by atoms with E-state index in [4.69, 9.17) is 0 Å². The number of halogens is 3. The number of amides is 1. The van der Waals surface area contributed by atoms with Gasteiger partial charge in [-0.3, -0.25) is 9.89 Å². The Bertz CT molecular complexity index is 708. The SMILES string of the molecule is CC=C(C)C(=O)NC(c1cccc(C(F)(F)F)c1)c1ncn[nH]1. The maximum Gasteiger partial charge on any atom is 0.416 e. The van der Waals surface area contributed by atoms with Gasteiger partial charge in [-0.25, -0.2) is 4.98 Å². The van der Waals surface area contributed by atoms with Crippen molar-refractivity contribution in [2.45, 2.75) is 26.1 Å². The van der Waals surface area contributed by atoms with Crippen LogP contribution in [0.1, 0.15) is 36.8 Å². The molecule has 2 aromatic rings. The zero-order valence-electron chi connectivity index (χ0n) is 12.5. The van der Waals surface area contributed by atoms with Crippen molar-refractivity contribution in [2.24, 2.45) is 0 Å². The van der Waals surface area contributed by atoms with Crippen molar-refractivity contribution < 1.29 is 18.0 Å². The monoisotopic (exact) mass is 324 g/mol. The zero-order chi connectivity index (χ0) is 17.0.